The molecule has 0 atom stereocenters. The fourth-order valence-electron chi connectivity index (χ4n) is 2.42. The van der Waals surface area contributed by atoms with Crippen LogP contribution in [0.25, 0.3) is 0 Å². The van der Waals surface area contributed by atoms with Crippen LogP contribution in [0.1, 0.15) is 34.5 Å². The van der Waals surface area contributed by atoms with Gasteiger partial charge in [-0.2, -0.15) is 4.31 Å². The summed E-state index contributed by atoms with van der Waals surface area (Å²) in [5.41, 5.74) is 0.854. The van der Waals surface area contributed by atoms with Crippen LogP contribution in [-0.4, -0.2) is 35.9 Å². The number of carbonyl (C=O) groups is 1. The second-order valence-electron chi connectivity index (χ2n) is 5.22. The quantitative estimate of drug-likeness (QED) is 0.886. The number of nitrogens with one attached hydrogen (secondary N) is 1. The van der Waals surface area contributed by atoms with Crippen LogP contribution in [0.3, 0.4) is 0 Å². The Morgan fingerprint density at radius 1 is 1.52 bits per heavy atom. The molecule has 1 aliphatic heterocycles. The zero-order chi connectivity index (χ0) is 16.4. The Kier molecular flexibility index (Phi) is 4.51. The number of amides is 1. The van der Waals surface area contributed by atoms with Gasteiger partial charge in [-0.15, -0.1) is 11.3 Å². The molecule has 1 amide bonds. The van der Waals surface area contributed by atoms with E-state index in [2.05, 4.69) is 10.3 Å². The van der Waals surface area contributed by atoms with E-state index < -0.39 is 10.0 Å². The zero-order valence-corrected chi connectivity index (χ0v) is 14.2. The maximum absolute atomic E-state index is 12.2. The maximum atomic E-state index is 12.2. The van der Waals surface area contributed by atoms with E-state index in [0.29, 0.717) is 31.1 Å². The summed E-state index contributed by atoms with van der Waals surface area (Å²) >= 11 is 1.31. The smallest absolute Gasteiger partial charge is 0.293 e. The summed E-state index contributed by atoms with van der Waals surface area (Å²) in [6.45, 7) is 2.61. The van der Waals surface area contributed by atoms with Crippen molar-refractivity contribution >= 4 is 32.4 Å². The monoisotopic (exact) mass is 355 g/mol. The highest BCUT2D eigenvalue weighted by atomic mass is 32.2. The summed E-state index contributed by atoms with van der Waals surface area (Å²) < 4.78 is 30.9. The molecule has 0 aliphatic carbocycles. The Balaban J connectivity index is 1.73. The van der Waals surface area contributed by atoms with Crippen molar-refractivity contribution in [2.75, 3.05) is 17.6 Å². The molecule has 0 radical (unpaired) electrons. The average molecular weight is 355 g/mol. The van der Waals surface area contributed by atoms with Crippen LogP contribution in [-0.2, 0) is 23.0 Å². The summed E-state index contributed by atoms with van der Waals surface area (Å²) in [7, 11) is -3.22. The molecule has 1 N–H and O–H groups in total. The molecule has 0 saturated heterocycles. The van der Waals surface area contributed by atoms with Crippen LogP contribution >= 0.6 is 11.3 Å². The molecule has 1 aliphatic rings. The van der Waals surface area contributed by atoms with Gasteiger partial charge in [0.15, 0.2) is 10.9 Å². The second kappa shape index (κ2) is 6.42. The first kappa shape index (κ1) is 16.2. The van der Waals surface area contributed by atoms with Crippen LogP contribution in [0.2, 0.25) is 0 Å². The number of thiazole rings is 1. The molecule has 124 valence electrons. The minimum Gasteiger partial charge on any atom is -0.459 e. The fourth-order valence-corrected chi connectivity index (χ4v) is 4.99. The van der Waals surface area contributed by atoms with Gasteiger partial charge in [0.1, 0.15) is 0 Å². The van der Waals surface area contributed by atoms with Gasteiger partial charge in [0.05, 0.1) is 17.7 Å². The van der Waals surface area contributed by atoms with Crippen molar-refractivity contribution in [2.24, 2.45) is 0 Å². The lowest BCUT2D eigenvalue weighted by atomic mass is 10.2. The number of fused-ring (bicyclic) bond motifs is 1. The van der Waals surface area contributed by atoms with Gasteiger partial charge >= 0.3 is 0 Å². The van der Waals surface area contributed by atoms with Crippen LogP contribution in [0.4, 0.5) is 5.13 Å². The maximum Gasteiger partial charge on any atom is 0.293 e. The van der Waals surface area contributed by atoms with Crippen molar-refractivity contribution in [3.63, 3.8) is 0 Å². The minimum absolute atomic E-state index is 0.156. The molecule has 2 aromatic heterocycles. The Hall–Kier alpha value is -1.71. The van der Waals surface area contributed by atoms with Gasteiger partial charge in [-0.25, -0.2) is 13.4 Å². The molecule has 0 spiro atoms. The van der Waals surface area contributed by atoms with Crippen LogP contribution < -0.4 is 5.32 Å². The third kappa shape index (κ3) is 3.46. The van der Waals surface area contributed by atoms with Gasteiger partial charge in [-0.3, -0.25) is 10.1 Å². The van der Waals surface area contributed by atoms with Gasteiger partial charge in [-0.05, 0) is 18.6 Å². The van der Waals surface area contributed by atoms with Crippen molar-refractivity contribution in [1.29, 1.82) is 0 Å². The SMILES string of the molecule is CCCS(=O)(=O)N1CCc2nc(NC(=O)c3ccco3)sc2C1. The summed E-state index contributed by atoms with van der Waals surface area (Å²) in [5.74, 6) is 0.00494. The van der Waals surface area contributed by atoms with Gasteiger partial charge in [-0.1, -0.05) is 6.92 Å². The van der Waals surface area contributed by atoms with Crippen LogP contribution in [0.15, 0.2) is 22.8 Å². The highest BCUT2D eigenvalue weighted by molar-refractivity contribution is 7.89. The number of hydrogen-bond donors (Lipinski definition) is 1. The molecule has 0 fully saturated rings. The van der Waals surface area contributed by atoms with E-state index in [1.54, 1.807) is 12.1 Å². The topological polar surface area (TPSA) is 92.5 Å². The number of furan rings is 1. The molecular formula is C14H17N3O4S2. The Labute approximate surface area is 138 Å². The van der Waals surface area contributed by atoms with Crippen LogP contribution in [0, 0.1) is 0 Å². The van der Waals surface area contributed by atoms with Crippen molar-refractivity contribution < 1.29 is 17.6 Å². The van der Waals surface area contributed by atoms with Crippen molar-refractivity contribution in [2.45, 2.75) is 26.3 Å². The number of rotatable bonds is 5. The zero-order valence-electron chi connectivity index (χ0n) is 12.6. The van der Waals surface area contributed by atoms with E-state index in [9.17, 15) is 13.2 Å². The van der Waals surface area contributed by atoms with Crippen molar-refractivity contribution in [1.82, 2.24) is 9.29 Å². The molecular weight excluding hydrogens is 338 g/mol. The standard InChI is InChI=1S/C14H17N3O4S2/c1-2-8-23(19,20)17-6-5-10-12(9-17)22-14(15-10)16-13(18)11-4-3-7-21-11/h3-4,7H,2,5-6,8-9H2,1H3,(H,15,16,18). The molecule has 3 rings (SSSR count). The molecule has 3 heterocycles. The number of nitrogens with zero attached hydrogens (tertiary/aromatic N) is 2. The van der Waals surface area contributed by atoms with E-state index in [4.69, 9.17) is 4.42 Å². The molecule has 7 nitrogen and oxygen atoms in total. The highest BCUT2D eigenvalue weighted by Gasteiger charge is 2.28. The molecule has 0 bridgehead atoms. The van der Waals surface area contributed by atoms with E-state index in [1.807, 2.05) is 6.92 Å². The number of sulfonamides is 1. The number of carbonyl (C=O) groups excluding carboxylic acids is 1. The third-order valence-corrected chi connectivity index (χ3v) is 6.54. The molecule has 0 aromatic carbocycles. The van der Waals surface area contributed by atoms with E-state index in [-0.39, 0.29) is 17.4 Å². The summed E-state index contributed by atoms with van der Waals surface area (Å²) in [5, 5.41) is 3.15. The number of hydrogen-bond acceptors (Lipinski definition) is 6. The van der Waals surface area contributed by atoms with Gasteiger partial charge in [0.2, 0.25) is 10.0 Å². The predicted octanol–water partition coefficient (Wildman–Crippen LogP) is 2.09. The van der Waals surface area contributed by atoms with Gasteiger partial charge < -0.3 is 4.42 Å². The molecule has 23 heavy (non-hydrogen) atoms. The second-order valence-corrected chi connectivity index (χ2v) is 8.39. The Bertz CT molecular complexity index is 796. The van der Waals surface area contributed by atoms with E-state index in [0.717, 1.165) is 10.6 Å². The van der Waals surface area contributed by atoms with Crippen molar-refractivity contribution in [3.05, 3.63) is 34.7 Å². The predicted molar refractivity (Wildman–Crippen MR) is 87.0 cm³/mol. The Morgan fingerprint density at radius 2 is 2.35 bits per heavy atom. The number of anilines is 1. The number of aromatic nitrogens is 1. The summed E-state index contributed by atoms with van der Waals surface area (Å²) in [6, 6.07) is 3.21. The normalized spacial score (nSPS) is 15.3. The molecule has 0 unspecified atom stereocenters. The average Bonchev–Trinajstić information content (AvgIpc) is 3.15. The van der Waals surface area contributed by atoms with Gasteiger partial charge in [0, 0.05) is 24.4 Å². The minimum atomic E-state index is -3.22. The Morgan fingerprint density at radius 3 is 3.04 bits per heavy atom. The molecule has 9 heteroatoms. The van der Waals surface area contributed by atoms with Gasteiger partial charge in [0.25, 0.3) is 5.91 Å². The lowest BCUT2D eigenvalue weighted by Crippen LogP contribution is -2.36. The highest BCUT2D eigenvalue weighted by Crippen LogP contribution is 2.30. The molecule has 2 aromatic rings. The largest absolute Gasteiger partial charge is 0.459 e. The lowest BCUT2D eigenvalue weighted by molar-refractivity contribution is 0.0996. The first-order valence-corrected chi connectivity index (χ1v) is 9.73. The summed E-state index contributed by atoms with van der Waals surface area (Å²) in [4.78, 5) is 17.2. The summed E-state index contributed by atoms with van der Waals surface area (Å²) in [6.07, 6.45) is 2.59. The van der Waals surface area contributed by atoms with E-state index >= 15 is 0 Å². The van der Waals surface area contributed by atoms with Crippen molar-refractivity contribution in [3.8, 4) is 0 Å². The first-order chi connectivity index (χ1) is 11.0. The van der Waals surface area contributed by atoms with E-state index in [1.165, 1.54) is 21.9 Å². The van der Waals surface area contributed by atoms with Crippen LogP contribution in [0.5, 0.6) is 0 Å². The third-order valence-electron chi connectivity index (χ3n) is 3.52. The fraction of sp³-hybridized carbons (Fsp3) is 0.429. The lowest BCUT2D eigenvalue weighted by Gasteiger charge is -2.25. The molecule has 0 saturated carbocycles. The first-order valence-electron chi connectivity index (χ1n) is 7.31.